The average Bonchev–Trinajstić information content (AvgIpc) is 3.28. The first kappa shape index (κ1) is 29.2. The van der Waals surface area contributed by atoms with Gasteiger partial charge in [0.15, 0.2) is 0 Å². The number of hydrogen-bond acceptors (Lipinski definition) is 5. The Morgan fingerprint density at radius 3 is 2.50 bits per heavy atom. The molecule has 5 aliphatic heterocycles. The number of benzene rings is 2. The van der Waals surface area contributed by atoms with E-state index in [1.54, 1.807) is 0 Å². The van der Waals surface area contributed by atoms with E-state index in [1.807, 2.05) is 17.0 Å². The number of piperazine rings is 1. The number of carbonyl (C=O) groups excluding carboxylic acids is 4. The number of amides is 4. The van der Waals surface area contributed by atoms with Crippen molar-refractivity contribution < 1.29 is 23.6 Å². The Labute approximate surface area is 261 Å². The summed E-state index contributed by atoms with van der Waals surface area (Å²) in [6.45, 7) is 7.06. The summed E-state index contributed by atoms with van der Waals surface area (Å²) in [6, 6.07) is 9.95. The Bertz CT molecular complexity index is 1610. The van der Waals surface area contributed by atoms with Crippen LogP contribution in [0.15, 0.2) is 42.0 Å². The number of nitrogens with one attached hydrogen (secondary N) is 1. The van der Waals surface area contributed by atoms with Crippen molar-refractivity contribution in [2.24, 2.45) is 5.41 Å². The Kier molecular flexibility index (Phi) is 7.16. The van der Waals surface area contributed by atoms with Gasteiger partial charge in [-0.2, -0.15) is 0 Å². The van der Waals surface area contributed by atoms with Crippen LogP contribution >= 0.6 is 11.6 Å². The predicted molar refractivity (Wildman–Crippen MR) is 163 cm³/mol. The topological polar surface area (TPSA) is 90.0 Å². The minimum Gasteiger partial charge on any atom is -0.330 e. The van der Waals surface area contributed by atoms with Crippen molar-refractivity contribution in [3.8, 4) is 0 Å². The number of fused-ring (bicyclic) bond motifs is 3. The maximum Gasteiger partial charge on any atom is 0.257 e. The molecule has 3 unspecified atom stereocenters. The molecule has 4 amide bonds. The molecule has 1 aliphatic carbocycles. The normalized spacial score (nSPS) is 26.5. The van der Waals surface area contributed by atoms with Crippen LogP contribution in [0.4, 0.5) is 4.39 Å². The molecule has 4 fully saturated rings. The second kappa shape index (κ2) is 10.8. The van der Waals surface area contributed by atoms with Crippen molar-refractivity contribution in [1.82, 2.24) is 20.0 Å². The highest BCUT2D eigenvalue weighted by atomic mass is 35.5. The lowest BCUT2D eigenvalue weighted by Crippen LogP contribution is -2.70. The summed E-state index contributed by atoms with van der Waals surface area (Å²) >= 11 is 6.17. The fourth-order valence-corrected chi connectivity index (χ4v) is 7.91. The molecule has 230 valence electrons. The van der Waals surface area contributed by atoms with Gasteiger partial charge in [0.25, 0.3) is 11.8 Å². The van der Waals surface area contributed by atoms with Gasteiger partial charge in [-0.3, -0.25) is 29.4 Å². The highest BCUT2D eigenvalue weighted by molar-refractivity contribution is 6.30. The van der Waals surface area contributed by atoms with E-state index >= 15 is 4.39 Å². The monoisotopic (exact) mass is 618 g/mol. The van der Waals surface area contributed by atoms with Crippen LogP contribution < -0.4 is 5.32 Å². The number of halogens is 2. The molecule has 0 radical (unpaired) electrons. The second-order valence-corrected chi connectivity index (χ2v) is 14.2. The first-order chi connectivity index (χ1) is 21.0. The summed E-state index contributed by atoms with van der Waals surface area (Å²) in [7, 11) is 0. The van der Waals surface area contributed by atoms with Crippen molar-refractivity contribution in [2.75, 3.05) is 19.6 Å². The highest BCUT2D eigenvalue weighted by Crippen LogP contribution is 2.44. The van der Waals surface area contributed by atoms with Gasteiger partial charge in [-0.1, -0.05) is 43.2 Å². The molecular formula is C34H36ClFN4O4. The van der Waals surface area contributed by atoms with Crippen LogP contribution in [0.5, 0.6) is 0 Å². The van der Waals surface area contributed by atoms with Crippen molar-refractivity contribution in [1.29, 1.82) is 0 Å². The third-order valence-corrected chi connectivity index (χ3v) is 10.4. The molecule has 0 spiro atoms. The molecular weight excluding hydrogens is 583 g/mol. The summed E-state index contributed by atoms with van der Waals surface area (Å²) in [4.78, 5) is 56.3. The van der Waals surface area contributed by atoms with Crippen LogP contribution in [0, 0.1) is 11.2 Å². The molecule has 2 bridgehead atoms. The van der Waals surface area contributed by atoms with Crippen molar-refractivity contribution in [3.05, 3.63) is 75.1 Å². The minimum atomic E-state index is -0.791. The zero-order chi connectivity index (χ0) is 30.9. The van der Waals surface area contributed by atoms with Gasteiger partial charge in [0.2, 0.25) is 11.8 Å². The molecule has 44 heavy (non-hydrogen) atoms. The van der Waals surface area contributed by atoms with Crippen LogP contribution in [0.1, 0.15) is 84.2 Å². The van der Waals surface area contributed by atoms with Crippen molar-refractivity contribution in [2.45, 2.75) is 77.0 Å². The van der Waals surface area contributed by atoms with Gasteiger partial charge < -0.3 is 9.80 Å². The van der Waals surface area contributed by atoms with E-state index in [2.05, 4.69) is 36.2 Å². The fourth-order valence-electron chi connectivity index (χ4n) is 7.78. The van der Waals surface area contributed by atoms with Crippen molar-refractivity contribution >= 4 is 40.8 Å². The van der Waals surface area contributed by atoms with E-state index < -0.39 is 23.7 Å². The minimum absolute atomic E-state index is 0.00937. The molecule has 0 aromatic heterocycles. The molecule has 3 atom stereocenters. The van der Waals surface area contributed by atoms with Crippen LogP contribution in [0.3, 0.4) is 0 Å². The molecule has 6 aliphatic rings. The Balaban J connectivity index is 1.05. The van der Waals surface area contributed by atoms with Crippen LogP contribution in [-0.2, 0) is 16.1 Å². The molecule has 2 aromatic carbocycles. The van der Waals surface area contributed by atoms with E-state index in [1.165, 1.54) is 27.7 Å². The second-order valence-electron chi connectivity index (χ2n) is 13.8. The average molecular weight is 619 g/mol. The zero-order valence-electron chi connectivity index (χ0n) is 25.0. The largest absolute Gasteiger partial charge is 0.330 e. The van der Waals surface area contributed by atoms with Gasteiger partial charge in [0.1, 0.15) is 11.9 Å². The van der Waals surface area contributed by atoms with Crippen LogP contribution in [-0.4, -0.2) is 76.1 Å². The third-order valence-electron chi connectivity index (χ3n) is 10.1. The summed E-state index contributed by atoms with van der Waals surface area (Å²) in [5, 5.41) is 3.00. The number of hydrogen-bond donors (Lipinski definition) is 1. The molecule has 2 aromatic rings. The maximum absolute atomic E-state index is 15.4. The van der Waals surface area contributed by atoms with Gasteiger partial charge in [0.05, 0.1) is 5.56 Å². The SMILES string of the molecule is CC1(C)CCC(CN2CC3CC(C2)N3C(=O)c2cc3c(cc2F)C(=O)N(C2CCC(=O)NC2=O)C3)=C(c2ccc(Cl)cc2)C1. The van der Waals surface area contributed by atoms with Crippen molar-refractivity contribution in [3.63, 3.8) is 0 Å². The summed E-state index contributed by atoms with van der Waals surface area (Å²) in [5.74, 6) is -2.42. The van der Waals surface area contributed by atoms with Gasteiger partial charge >= 0.3 is 0 Å². The standard InChI is InChI=1S/C34H36ClFN4O4/c1-34(2)10-9-20(27(14-34)19-3-5-22(35)6-4-19)15-38-17-23-12-24(18-38)40(23)33(44)26-11-21-16-39(32(43)25(21)13-28(26)36)29-7-8-30(41)37-31(29)42/h3-6,11,13,23-24,29H,7-10,12,14-18H2,1-2H3,(H,37,41,42). The number of piperidine rings is 2. The molecule has 0 saturated carbocycles. The highest BCUT2D eigenvalue weighted by Gasteiger charge is 2.48. The smallest absolute Gasteiger partial charge is 0.257 e. The molecule has 4 saturated heterocycles. The molecule has 10 heteroatoms. The van der Waals surface area contributed by atoms with E-state index in [9.17, 15) is 19.2 Å². The molecule has 1 N–H and O–H groups in total. The van der Waals surface area contributed by atoms with Crippen LogP contribution in [0.2, 0.25) is 5.02 Å². The predicted octanol–water partition coefficient (Wildman–Crippen LogP) is 4.80. The Hall–Kier alpha value is -3.56. The third kappa shape index (κ3) is 5.13. The zero-order valence-corrected chi connectivity index (χ0v) is 25.8. The van der Waals surface area contributed by atoms with E-state index in [0.717, 1.165) is 56.4 Å². The summed E-state index contributed by atoms with van der Waals surface area (Å²) in [5.41, 5.74) is 4.95. The molecule has 8 nitrogen and oxygen atoms in total. The number of rotatable bonds is 5. The van der Waals surface area contributed by atoms with Crippen LogP contribution in [0.25, 0.3) is 5.57 Å². The summed E-state index contributed by atoms with van der Waals surface area (Å²) in [6.07, 6.45) is 4.44. The Morgan fingerprint density at radius 2 is 1.80 bits per heavy atom. The number of imide groups is 1. The number of carbonyl (C=O) groups is 4. The van der Waals surface area contributed by atoms with E-state index in [4.69, 9.17) is 11.6 Å². The lowest BCUT2D eigenvalue weighted by molar-refractivity contribution is -0.136. The quantitative estimate of drug-likeness (QED) is 0.486. The molecule has 8 rings (SSSR count). The van der Waals surface area contributed by atoms with Gasteiger partial charge in [-0.15, -0.1) is 0 Å². The van der Waals surface area contributed by atoms with Gasteiger partial charge in [0, 0.05) is 55.3 Å². The van der Waals surface area contributed by atoms with E-state index in [-0.39, 0.29) is 59.8 Å². The number of allylic oxidation sites excluding steroid dienone is 1. The van der Waals surface area contributed by atoms with Gasteiger partial charge in [-0.05, 0) is 78.5 Å². The first-order valence-electron chi connectivity index (χ1n) is 15.5. The lowest BCUT2D eigenvalue weighted by atomic mass is 9.72. The Morgan fingerprint density at radius 1 is 1.07 bits per heavy atom. The fraction of sp³-hybridized carbons (Fsp3) is 0.471. The lowest BCUT2D eigenvalue weighted by Gasteiger charge is -2.56. The van der Waals surface area contributed by atoms with E-state index in [0.29, 0.717) is 5.56 Å². The first-order valence-corrected chi connectivity index (χ1v) is 15.8. The van der Waals surface area contributed by atoms with Gasteiger partial charge in [-0.25, -0.2) is 4.39 Å². The maximum atomic E-state index is 15.4. The summed E-state index contributed by atoms with van der Waals surface area (Å²) < 4.78 is 15.4. The number of nitrogens with zero attached hydrogens (tertiary/aromatic N) is 3. The molecule has 5 heterocycles.